The van der Waals surface area contributed by atoms with Gasteiger partial charge in [-0.1, -0.05) is 12.1 Å². The van der Waals surface area contributed by atoms with Gasteiger partial charge in [0.1, 0.15) is 5.82 Å². The van der Waals surface area contributed by atoms with Crippen LogP contribution in [0.4, 0.5) is 5.13 Å². The van der Waals surface area contributed by atoms with Crippen molar-refractivity contribution in [2.45, 2.75) is 19.9 Å². The number of hydrogen-bond donors (Lipinski definition) is 1. The third-order valence-electron chi connectivity index (χ3n) is 1.97. The summed E-state index contributed by atoms with van der Waals surface area (Å²) in [6.07, 6.45) is 0.811. The molecule has 0 fully saturated rings. The van der Waals surface area contributed by atoms with Gasteiger partial charge in [-0.2, -0.15) is 4.37 Å². The molecule has 0 aliphatic carbocycles. The topological polar surface area (TPSA) is 87.9 Å². The fourth-order valence-electron chi connectivity index (χ4n) is 1.16. The summed E-state index contributed by atoms with van der Waals surface area (Å²) in [7, 11) is 1.85. The Morgan fingerprint density at radius 1 is 1.56 bits per heavy atom. The molecular weight excluding hydrogens is 230 g/mol. The van der Waals surface area contributed by atoms with Crippen LogP contribution in [0, 0.1) is 0 Å². The molecule has 2 aromatic heterocycles. The van der Waals surface area contributed by atoms with Crippen LogP contribution in [0.25, 0.3) is 0 Å². The SMILES string of the molecule is CCc1nsc(N(C)Cc2noc(=O)[nH]2)n1. The van der Waals surface area contributed by atoms with Gasteiger partial charge < -0.3 is 4.90 Å². The van der Waals surface area contributed by atoms with E-state index in [9.17, 15) is 4.79 Å². The van der Waals surface area contributed by atoms with Crippen LogP contribution in [0.5, 0.6) is 0 Å². The second-order valence-electron chi connectivity index (χ2n) is 3.24. The number of nitrogens with zero attached hydrogens (tertiary/aromatic N) is 4. The zero-order valence-electron chi connectivity index (χ0n) is 8.93. The minimum atomic E-state index is -0.546. The summed E-state index contributed by atoms with van der Waals surface area (Å²) in [6, 6.07) is 0. The first-order valence-electron chi connectivity index (χ1n) is 4.77. The predicted molar refractivity (Wildman–Crippen MR) is 58.5 cm³/mol. The van der Waals surface area contributed by atoms with Crippen LogP contribution < -0.4 is 10.7 Å². The van der Waals surface area contributed by atoms with Crippen LogP contribution in [0.3, 0.4) is 0 Å². The molecule has 16 heavy (non-hydrogen) atoms. The maximum atomic E-state index is 10.7. The fourth-order valence-corrected chi connectivity index (χ4v) is 1.87. The van der Waals surface area contributed by atoms with Gasteiger partial charge in [-0.15, -0.1) is 0 Å². The lowest BCUT2D eigenvalue weighted by Gasteiger charge is -2.11. The molecule has 2 aromatic rings. The summed E-state index contributed by atoms with van der Waals surface area (Å²) in [5.74, 6) is 0.746. The first-order valence-corrected chi connectivity index (χ1v) is 5.55. The van der Waals surface area contributed by atoms with Crippen molar-refractivity contribution in [1.29, 1.82) is 0 Å². The van der Waals surface area contributed by atoms with E-state index in [0.29, 0.717) is 12.4 Å². The standard InChI is InChI=1S/C8H11N5O2S/c1-3-5-9-7(16-12-5)13(2)4-6-10-8(14)15-11-6/h3-4H2,1-2H3,(H,10,11,14). The van der Waals surface area contributed by atoms with Gasteiger partial charge in [-0.3, -0.25) is 9.51 Å². The molecule has 0 saturated heterocycles. The summed E-state index contributed by atoms with van der Waals surface area (Å²) in [5.41, 5.74) is 0. The summed E-state index contributed by atoms with van der Waals surface area (Å²) < 4.78 is 8.58. The number of nitrogens with one attached hydrogen (secondary N) is 1. The van der Waals surface area contributed by atoms with E-state index in [-0.39, 0.29) is 0 Å². The second kappa shape index (κ2) is 4.44. The number of aromatic nitrogens is 4. The molecule has 1 N–H and O–H groups in total. The lowest BCUT2D eigenvalue weighted by Crippen LogP contribution is -2.17. The Morgan fingerprint density at radius 2 is 2.38 bits per heavy atom. The van der Waals surface area contributed by atoms with Crippen molar-refractivity contribution in [1.82, 2.24) is 19.5 Å². The Labute approximate surface area is 95.3 Å². The van der Waals surface area contributed by atoms with E-state index in [4.69, 9.17) is 0 Å². The smallest absolute Gasteiger partial charge is 0.342 e. The normalized spacial score (nSPS) is 10.6. The van der Waals surface area contributed by atoms with Crippen molar-refractivity contribution in [3.8, 4) is 0 Å². The molecule has 2 rings (SSSR count). The molecule has 0 spiro atoms. The van der Waals surface area contributed by atoms with Crippen molar-refractivity contribution < 1.29 is 4.52 Å². The molecule has 0 aromatic carbocycles. The maximum Gasteiger partial charge on any atom is 0.438 e. The first kappa shape index (κ1) is 10.8. The summed E-state index contributed by atoms with van der Waals surface area (Å²) >= 11 is 1.32. The third kappa shape index (κ3) is 2.27. The van der Waals surface area contributed by atoms with Gasteiger partial charge in [-0.25, -0.2) is 9.78 Å². The monoisotopic (exact) mass is 241 g/mol. The molecule has 0 atom stereocenters. The zero-order valence-corrected chi connectivity index (χ0v) is 9.74. The molecule has 0 unspecified atom stereocenters. The highest BCUT2D eigenvalue weighted by Crippen LogP contribution is 2.16. The average molecular weight is 241 g/mol. The second-order valence-corrected chi connectivity index (χ2v) is 3.97. The summed E-state index contributed by atoms with van der Waals surface area (Å²) in [5, 5.41) is 4.37. The van der Waals surface area contributed by atoms with E-state index in [1.807, 2.05) is 18.9 Å². The molecule has 0 bridgehead atoms. The van der Waals surface area contributed by atoms with Crippen LogP contribution in [0.15, 0.2) is 9.32 Å². The van der Waals surface area contributed by atoms with Crippen molar-refractivity contribution in [3.05, 3.63) is 22.2 Å². The number of hydrogen-bond acceptors (Lipinski definition) is 7. The van der Waals surface area contributed by atoms with E-state index in [0.717, 1.165) is 17.4 Å². The fraction of sp³-hybridized carbons (Fsp3) is 0.500. The first-order chi connectivity index (χ1) is 7.69. The Bertz CT molecular complexity index is 516. The van der Waals surface area contributed by atoms with E-state index in [2.05, 4.69) is 24.0 Å². The Kier molecular flexibility index (Phi) is 3.00. The Hall–Kier alpha value is -1.70. The predicted octanol–water partition coefficient (Wildman–Crippen LogP) is 0.413. The van der Waals surface area contributed by atoms with Gasteiger partial charge in [0, 0.05) is 25.0 Å². The minimum absolute atomic E-state index is 0.435. The van der Waals surface area contributed by atoms with Crippen molar-refractivity contribution in [2.24, 2.45) is 0 Å². The molecule has 0 saturated carbocycles. The van der Waals surface area contributed by atoms with E-state index < -0.39 is 5.76 Å². The van der Waals surface area contributed by atoms with E-state index in [1.54, 1.807) is 0 Å². The van der Waals surface area contributed by atoms with Crippen LogP contribution in [-0.2, 0) is 13.0 Å². The molecule has 0 aliphatic rings. The number of aryl methyl sites for hydroxylation is 1. The van der Waals surface area contributed by atoms with E-state index >= 15 is 0 Å². The minimum Gasteiger partial charge on any atom is -0.342 e. The lowest BCUT2D eigenvalue weighted by atomic mass is 10.5. The van der Waals surface area contributed by atoms with Crippen LogP contribution in [0.2, 0.25) is 0 Å². The number of aromatic amines is 1. The highest BCUT2D eigenvalue weighted by Gasteiger charge is 2.10. The molecule has 0 radical (unpaired) electrons. The van der Waals surface area contributed by atoms with E-state index in [1.165, 1.54) is 11.5 Å². The van der Waals surface area contributed by atoms with Crippen molar-refractivity contribution in [3.63, 3.8) is 0 Å². The number of rotatable bonds is 4. The quantitative estimate of drug-likeness (QED) is 0.834. The number of anilines is 1. The van der Waals surface area contributed by atoms with Crippen molar-refractivity contribution in [2.75, 3.05) is 11.9 Å². The van der Waals surface area contributed by atoms with Crippen molar-refractivity contribution >= 4 is 16.7 Å². The molecular formula is C8H11N5O2S. The molecule has 86 valence electrons. The zero-order chi connectivity index (χ0) is 11.5. The summed E-state index contributed by atoms with van der Waals surface area (Å²) in [6.45, 7) is 2.44. The van der Waals surface area contributed by atoms with Crippen LogP contribution >= 0.6 is 11.5 Å². The molecule has 0 aliphatic heterocycles. The third-order valence-corrected chi connectivity index (χ3v) is 2.84. The Balaban J connectivity index is 2.07. The van der Waals surface area contributed by atoms with Crippen LogP contribution in [0.1, 0.15) is 18.6 Å². The van der Waals surface area contributed by atoms with Gasteiger partial charge in [0.25, 0.3) is 0 Å². The highest BCUT2D eigenvalue weighted by atomic mass is 32.1. The molecule has 7 nitrogen and oxygen atoms in total. The number of H-pyrrole nitrogens is 1. The Morgan fingerprint density at radius 3 is 2.94 bits per heavy atom. The maximum absolute atomic E-state index is 10.7. The molecule has 2 heterocycles. The highest BCUT2D eigenvalue weighted by molar-refractivity contribution is 7.09. The van der Waals surface area contributed by atoms with Gasteiger partial charge in [0.2, 0.25) is 5.13 Å². The lowest BCUT2D eigenvalue weighted by molar-refractivity contribution is 0.381. The van der Waals surface area contributed by atoms with Crippen LogP contribution in [-0.4, -0.2) is 26.5 Å². The average Bonchev–Trinajstić information content (AvgIpc) is 2.87. The van der Waals surface area contributed by atoms with Gasteiger partial charge in [-0.05, 0) is 0 Å². The largest absolute Gasteiger partial charge is 0.438 e. The summed E-state index contributed by atoms with van der Waals surface area (Å²) in [4.78, 5) is 19.4. The molecule has 0 amide bonds. The van der Waals surface area contributed by atoms with Gasteiger partial charge in [0.15, 0.2) is 5.82 Å². The van der Waals surface area contributed by atoms with Gasteiger partial charge in [0.05, 0.1) is 6.54 Å². The molecule has 8 heteroatoms. The van der Waals surface area contributed by atoms with Gasteiger partial charge >= 0.3 is 5.76 Å².